The molecule has 2 aliphatic rings. The van der Waals surface area contributed by atoms with E-state index in [0.29, 0.717) is 5.02 Å². The second-order valence-corrected chi connectivity index (χ2v) is 8.24. The normalized spacial score (nSPS) is 29.7. The predicted molar refractivity (Wildman–Crippen MR) is 82.8 cm³/mol. The highest BCUT2D eigenvalue weighted by atomic mass is 35.5. The van der Waals surface area contributed by atoms with Crippen LogP contribution < -0.4 is 0 Å². The molecule has 1 aromatic rings. The Labute approximate surface area is 131 Å². The van der Waals surface area contributed by atoms with Gasteiger partial charge in [-0.3, -0.25) is 0 Å². The Balaban J connectivity index is 1.80. The van der Waals surface area contributed by atoms with Crippen LogP contribution in [0.3, 0.4) is 0 Å². The van der Waals surface area contributed by atoms with Gasteiger partial charge in [0.15, 0.2) is 0 Å². The molecule has 2 fully saturated rings. The average molecular weight is 330 g/mol. The number of nitrogens with zero attached hydrogens (tertiary/aromatic N) is 1. The lowest BCUT2D eigenvalue weighted by Gasteiger charge is -2.37. The Hall–Kier alpha value is -0.620. The molecule has 0 N–H and O–H groups in total. The number of halogens is 1. The monoisotopic (exact) mass is 329 g/mol. The molecule has 21 heavy (non-hydrogen) atoms. The van der Waals surface area contributed by atoms with E-state index in [0.717, 1.165) is 31.2 Å². The van der Waals surface area contributed by atoms with Gasteiger partial charge >= 0.3 is 0 Å². The minimum absolute atomic E-state index is 0.0260. The van der Waals surface area contributed by atoms with Gasteiger partial charge in [-0.1, -0.05) is 23.7 Å². The molecule has 0 aliphatic carbocycles. The number of piperidine rings is 1. The fourth-order valence-electron chi connectivity index (χ4n) is 3.64. The molecule has 2 atom stereocenters. The maximum Gasteiger partial charge on any atom is 0.218 e. The number of benzene rings is 1. The van der Waals surface area contributed by atoms with Crippen molar-refractivity contribution in [2.24, 2.45) is 0 Å². The molecule has 6 heteroatoms. The number of fused-ring (bicyclic) bond motifs is 2. The van der Waals surface area contributed by atoms with Gasteiger partial charge in [0.05, 0.1) is 11.9 Å². The van der Waals surface area contributed by atoms with Crippen molar-refractivity contribution >= 4 is 21.6 Å². The Morgan fingerprint density at radius 3 is 2.52 bits per heavy atom. The van der Waals surface area contributed by atoms with Crippen molar-refractivity contribution in [3.63, 3.8) is 0 Å². The van der Waals surface area contributed by atoms with Gasteiger partial charge < -0.3 is 4.74 Å². The van der Waals surface area contributed by atoms with Crippen LogP contribution in [-0.2, 0) is 20.5 Å². The summed E-state index contributed by atoms with van der Waals surface area (Å²) in [6.45, 7) is 0. The van der Waals surface area contributed by atoms with Gasteiger partial charge in [-0.2, -0.15) is 4.31 Å². The molecular weight excluding hydrogens is 310 g/mol. The molecule has 2 bridgehead atoms. The van der Waals surface area contributed by atoms with E-state index in [1.807, 2.05) is 6.07 Å². The Kier molecular flexibility index (Phi) is 4.28. The molecule has 0 saturated carbocycles. The van der Waals surface area contributed by atoms with Gasteiger partial charge in [0, 0.05) is 24.2 Å². The van der Waals surface area contributed by atoms with Crippen LogP contribution >= 0.6 is 11.6 Å². The van der Waals surface area contributed by atoms with Gasteiger partial charge in [0.2, 0.25) is 10.0 Å². The summed E-state index contributed by atoms with van der Waals surface area (Å²) < 4.78 is 32.7. The molecule has 0 spiro atoms. The van der Waals surface area contributed by atoms with Crippen LogP contribution in [-0.4, -0.2) is 38.0 Å². The average Bonchev–Trinajstić information content (AvgIpc) is 2.71. The molecular formula is C15H20ClNO3S. The van der Waals surface area contributed by atoms with Crippen molar-refractivity contribution in [1.82, 2.24) is 4.31 Å². The minimum Gasteiger partial charge on any atom is -0.381 e. The van der Waals surface area contributed by atoms with Crippen LogP contribution in [0.25, 0.3) is 0 Å². The van der Waals surface area contributed by atoms with E-state index in [9.17, 15) is 8.42 Å². The third-order valence-electron chi connectivity index (χ3n) is 4.52. The van der Waals surface area contributed by atoms with E-state index in [4.69, 9.17) is 16.3 Å². The Morgan fingerprint density at radius 2 is 1.95 bits per heavy atom. The molecule has 0 radical (unpaired) electrons. The third kappa shape index (κ3) is 3.11. The van der Waals surface area contributed by atoms with Crippen molar-refractivity contribution < 1.29 is 13.2 Å². The number of hydrogen-bond acceptors (Lipinski definition) is 3. The van der Waals surface area contributed by atoms with Crippen molar-refractivity contribution in [1.29, 1.82) is 0 Å². The van der Waals surface area contributed by atoms with Gasteiger partial charge in [-0.25, -0.2) is 8.42 Å². The first-order valence-corrected chi connectivity index (χ1v) is 9.27. The second-order valence-electron chi connectivity index (χ2n) is 5.93. The van der Waals surface area contributed by atoms with E-state index < -0.39 is 10.0 Å². The van der Waals surface area contributed by atoms with E-state index in [2.05, 4.69) is 0 Å². The summed E-state index contributed by atoms with van der Waals surface area (Å²) in [5, 5.41) is 0.573. The quantitative estimate of drug-likeness (QED) is 0.853. The van der Waals surface area contributed by atoms with Crippen LogP contribution in [0.5, 0.6) is 0 Å². The first-order valence-electron chi connectivity index (χ1n) is 7.28. The third-order valence-corrected chi connectivity index (χ3v) is 6.69. The smallest absolute Gasteiger partial charge is 0.218 e. The molecule has 0 aromatic heterocycles. The summed E-state index contributed by atoms with van der Waals surface area (Å²) in [4.78, 5) is 0. The van der Waals surface area contributed by atoms with Gasteiger partial charge in [0.25, 0.3) is 0 Å². The highest BCUT2D eigenvalue weighted by Gasteiger charge is 2.46. The van der Waals surface area contributed by atoms with Crippen molar-refractivity contribution in [2.45, 2.75) is 49.6 Å². The molecule has 2 saturated heterocycles. The van der Waals surface area contributed by atoms with Crippen LogP contribution in [0.1, 0.15) is 31.2 Å². The van der Waals surface area contributed by atoms with Crippen LogP contribution in [0.2, 0.25) is 5.02 Å². The summed E-state index contributed by atoms with van der Waals surface area (Å²) in [6, 6.07) is 7.27. The summed E-state index contributed by atoms with van der Waals surface area (Å²) in [6.07, 6.45) is 3.70. The molecule has 2 aliphatic heterocycles. The van der Waals surface area contributed by atoms with E-state index in [1.54, 1.807) is 29.6 Å². The zero-order valence-electron chi connectivity index (χ0n) is 12.0. The summed E-state index contributed by atoms with van der Waals surface area (Å²) >= 11 is 5.94. The maximum atomic E-state index is 12.8. The molecule has 2 heterocycles. The number of sulfonamides is 1. The van der Waals surface area contributed by atoms with Crippen LogP contribution in [0.4, 0.5) is 0 Å². The standard InChI is InChI=1S/C15H20ClNO3S/c1-20-15-8-13-5-6-14(9-15)17(13)21(18,19)10-11-3-2-4-12(16)7-11/h2-4,7,13-15H,5-6,8-10H2,1H3. The minimum atomic E-state index is -3.30. The first kappa shape index (κ1) is 15.3. The number of hydrogen-bond donors (Lipinski definition) is 0. The highest BCUT2D eigenvalue weighted by molar-refractivity contribution is 7.88. The van der Waals surface area contributed by atoms with Crippen LogP contribution in [0, 0.1) is 0 Å². The second kappa shape index (κ2) is 5.88. The van der Waals surface area contributed by atoms with E-state index >= 15 is 0 Å². The van der Waals surface area contributed by atoms with Crippen molar-refractivity contribution in [3.05, 3.63) is 34.9 Å². The first-order chi connectivity index (χ1) is 9.99. The summed E-state index contributed by atoms with van der Waals surface area (Å²) in [5.41, 5.74) is 0.746. The topological polar surface area (TPSA) is 46.6 Å². The van der Waals surface area contributed by atoms with Gasteiger partial charge in [-0.15, -0.1) is 0 Å². The fraction of sp³-hybridized carbons (Fsp3) is 0.600. The molecule has 3 rings (SSSR count). The Bertz CT molecular complexity index is 605. The van der Waals surface area contributed by atoms with Crippen molar-refractivity contribution in [2.75, 3.05) is 7.11 Å². The molecule has 2 unspecified atom stereocenters. The molecule has 116 valence electrons. The maximum absolute atomic E-state index is 12.8. The Morgan fingerprint density at radius 1 is 1.29 bits per heavy atom. The fourth-order valence-corrected chi connectivity index (χ4v) is 5.90. The lowest BCUT2D eigenvalue weighted by atomic mass is 10.0. The summed E-state index contributed by atoms with van der Waals surface area (Å²) in [7, 11) is -1.59. The SMILES string of the molecule is COC1CC2CCC(C1)N2S(=O)(=O)Cc1cccc(Cl)c1. The molecule has 4 nitrogen and oxygen atoms in total. The molecule has 0 amide bonds. The zero-order chi connectivity index (χ0) is 15.0. The zero-order valence-corrected chi connectivity index (χ0v) is 13.6. The van der Waals surface area contributed by atoms with Gasteiger partial charge in [0.1, 0.15) is 0 Å². The number of methoxy groups -OCH3 is 1. The van der Waals surface area contributed by atoms with Crippen LogP contribution in [0.15, 0.2) is 24.3 Å². The summed E-state index contributed by atoms with van der Waals surface area (Å²) in [5.74, 6) is 0.0260. The van der Waals surface area contributed by atoms with Gasteiger partial charge in [-0.05, 0) is 43.4 Å². The number of rotatable bonds is 4. The number of ether oxygens (including phenoxy) is 1. The largest absolute Gasteiger partial charge is 0.381 e. The molecule has 1 aromatic carbocycles. The lowest BCUT2D eigenvalue weighted by Crippen LogP contribution is -2.48. The van der Waals surface area contributed by atoms with E-state index in [-0.39, 0.29) is 23.9 Å². The lowest BCUT2D eigenvalue weighted by molar-refractivity contribution is 0.0349. The highest BCUT2D eigenvalue weighted by Crippen LogP contribution is 2.39. The van der Waals surface area contributed by atoms with E-state index in [1.165, 1.54) is 0 Å². The predicted octanol–water partition coefficient (Wildman–Crippen LogP) is 2.81. The van der Waals surface area contributed by atoms with Crippen molar-refractivity contribution in [3.8, 4) is 0 Å².